The fraction of sp³-hybridized carbons (Fsp3) is 0.467. The summed E-state index contributed by atoms with van der Waals surface area (Å²) in [6.07, 6.45) is 1.74. The van der Waals surface area contributed by atoms with E-state index >= 15 is 0 Å². The number of nitrogens with one attached hydrogen (secondary N) is 1. The summed E-state index contributed by atoms with van der Waals surface area (Å²) in [6.45, 7) is 3.47. The minimum atomic E-state index is -0.0342. The number of amides is 1. The molecule has 0 radical (unpaired) electrons. The summed E-state index contributed by atoms with van der Waals surface area (Å²) in [4.78, 5) is 14.5. The topological polar surface area (TPSA) is 67.5 Å². The van der Waals surface area contributed by atoms with Gasteiger partial charge in [-0.2, -0.15) is 5.10 Å². The molecule has 0 fully saturated rings. The Balaban J connectivity index is 2.22. The molecule has 1 aromatic carbocycles. The lowest BCUT2D eigenvalue weighted by Gasteiger charge is -2.28. The number of carbonyl (C=O) groups is 1. The van der Waals surface area contributed by atoms with E-state index in [1.807, 2.05) is 25.1 Å². The second-order valence-electron chi connectivity index (χ2n) is 4.97. The zero-order valence-corrected chi connectivity index (χ0v) is 12.6. The largest absolute Gasteiger partial charge is 0.383 e. The molecule has 1 N–H and O–H groups in total. The first-order valence-corrected chi connectivity index (χ1v) is 6.89. The summed E-state index contributed by atoms with van der Waals surface area (Å²) in [7, 11) is 3.26. The van der Waals surface area contributed by atoms with Gasteiger partial charge in [-0.05, 0) is 19.1 Å². The summed E-state index contributed by atoms with van der Waals surface area (Å²) in [5.74, 6) is -0.0342. The highest BCUT2D eigenvalue weighted by Gasteiger charge is 2.21. The lowest BCUT2D eigenvalue weighted by molar-refractivity contribution is 0.0479. The molecule has 0 spiro atoms. The van der Waals surface area contributed by atoms with E-state index in [2.05, 4.69) is 10.2 Å². The number of rotatable bonds is 7. The van der Waals surface area contributed by atoms with Gasteiger partial charge in [0.2, 0.25) is 0 Å². The number of nitrogens with zero attached hydrogens (tertiary/aromatic N) is 2. The molecule has 0 aliphatic heterocycles. The van der Waals surface area contributed by atoms with Crippen molar-refractivity contribution in [3.63, 3.8) is 0 Å². The van der Waals surface area contributed by atoms with Gasteiger partial charge >= 0.3 is 0 Å². The molecule has 1 atom stereocenters. The van der Waals surface area contributed by atoms with Gasteiger partial charge in [0.05, 0.1) is 31.0 Å². The van der Waals surface area contributed by atoms with E-state index in [-0.39, 0.29) is 11.9 Å². The lowest BCUT2D eigenvalue weighted by Crippen LogP contribution is -2.43. The number of benzene rings is 1. The highest BCUT2D eigenvalue weighted by atomic mass is 16.5. The molecule has 0 bridgehead atoms. The highest BCUT2D eigenvalue weighted by Crippen LogP contribution is 2.15. The SMILES string of the molecule is COCCN(C(=O)c1ccc2cn[nH]c2c1)C(C)COC. The molecule has 2 rings (SSSR count). The molecule has 0 aliphatic rings. The second kappa shape index (κ2) is 7.19. The van der Waals surface area contributed by atoms with Crippen molar-refractivity contribution < 1.29 is 14.3 Å². The molecular formula is C15H21N3O3. The number of aromatic nitrogens is 2. The first-order chi connectivity index (χ1) is 10.2. The van der Waals surface area contributed by atoms with Crippen LogP contribution in [0.15, 0.2) is 24.4 Å². The molecular weight excluding hydrogens is 270 g/mol. The van der Waals surface area contributed by atoms with Crippen molar-refractivity contribution in [1.29, 1.82) is 0 Å². The van der Waals surface area contributed by atoms with Gasteiger partial charge < -0.3 is 14.4 Å². The van der Waals surface area contributed by atoms with Crippen molar-refractivity contribution in [2.75, 3.05) is 34.0 Å². The maximum atomic E-state index is 12.7. The predicted octanol–water partition coefficient (Wildman–Crippen LogP) is 1.69. The van der Waals surface area contributed by atoms with Crippen LogP contribution in [0.1, 0.15) is 17.3 Å². The molecule has 1 amide bonds. The fourth-order valence-corrected chi connectivity index (χ4v) is 2.28. The van der Waals surface area contributed by atoms with Crippen LogP contribution in [-0.2, 0) is 9.47 Å². The monoisotopic (exact) mass is 291 g/mol. The van der Waals surface area contributed by atoms with Crippen LogP contribution in [0.25, 0.3) is 10.9 Å². The van der Waals surface area contributed by atoms with Gasteiger partial charge in [0, 0.05) is 31.7 Å². The summed E-state index contributed by atoms with van der Waals surface area (Å²) in [5, 5.41) is 7.84. The number of hydrogen-bond acceptors (Lipinski definition) is 4. The Bertz CT molecular complexity index is 597. The van der Waals surface area contributed by atoms with Gasteiger partial charge in [0.1, 0.15) is 0 Å². The van der Waals surface area contributed by atoms with Gasteiger partial charge in [0.25, 0.3) is 5.91 Å². The van der Waals surface area contributed by atoms with Crippen molar-refractivity contribution in [2.24, 2.45) is 0 Å². The van der Waals surface area contributed by atoms with Crippen LogP contribution in [0, 0.1) is 0 Å². The Labute approximate surface area is 124 Å². The number of aromatic amines is 1. The third-order valence-corrected chi connectivity index (χ3v) is 3.43. The molecule has 0 saturated carbocycles. The number of fused-ring (bicyclic) bond motifs is 1. The summed E-state index contributed by atoms with van der Waals surface area (Å²) >= 11 is 0. The van der Waals surface area contributed by atoms with E-state index in [1.54, 1.807) is 25.3 Å². The Kier molecular flexibility index (Phi) is 5.30. The zero-order valence-electron chi connectivity index (χ0n) is 12.6. The van der Waals surface area contributed by atoms with Crippen LogP contribution in [-0.4, -0.2) is 61.0 Å². The molecule has 21 heavy (non-hydrogen) atoms. The van der Waals surface area contributed by atoms with Crippen LogP contribution < -0.4 is 0 Å². The third-order valence-electron chi connectivity index (χ3n) is 3.43. The number of carbonyl (C=O) groups excluding carboxylic acids is 1. The maximum Gasteiger partial charge on any atom is 0.254 e. The highest BCUT2D eigenvalue weighted by molar-refractivity contribution is 5.97. The lowest BCUT2D eigenvalue weighted by atomic mass is 10.1. The Hall–Kier alpha value is -1.92. The normalized spacial score (nSPS) is 12.5. The number of hydrogen-bond donors (Lipinski definition) is 1. The number of methoxy groups -OCH3 is 2. The van der Waals surface area contributed by atoms with Crippen LogP contribution >= 0.6 is 0 Å². The molecule has 6 heteroatoms. The Morgan fingerprint density at radius 1 is 1.38 bits per heavy atom. The van der Waals surface area contributed by atoms with Crippen molar-refractivity contribution in [3.8, 4) is 0 Å². The molecule has 6 nitrogen and oxygen atoms in total. The Morgan fingerprint density at radius 3 is 2.90 bits per heavy atom. The van der Waals surface area contributed by atoms with Gasteiger partial charge in [0.15, 0.2) is 0 Å². The van der Waals surface area contributed by atoms with E-state index in [4.69, 9.17) is 9.47 Å². The van der Waals surface area contributed by atoms with Crippen molar-refractivity contribution in [3.05, 3.63) is 30.0 Å². The van der Waals surface area contributed by atoms with Crippen molar-refractivity contribution >= 4 is 16.8 Å². The van der Waals surface area contributed by atoms with E-state index in [9.17, 15) is 4.79 Å². The third kappa shape index (κ3) is 3.59. The first-order valence-electron chi connectivity index (χ1n) is 6.89. The summed E-state index contributed by atoms with van der Waals surface area (Å²) in [5.41, 5.74) is 1.48. The quantitative estimate of drug-likeness (QED) is 0.843. The molecule has 1 aromatic heterocycles. The number of H-pyrrole nitrogens is 1. The van der Waals surface area contributed by atoms with Crippen LogP contribution in [0.3, 0.4) is 0 Å². The molecule has 2 aromatic rings. The minimum Gasteiger partial charge on any atom is -0.383 e. The standard InChI is InChI=1S/C15H21N3O3/c1-11(10-21-3)18(6-7-20-2)15(19)12-4-5-13-9-16-17-14(13)8-12/h4-5,8-9,11H,6-7,10H2,1-3H3,(H,16,17). The maximum absolute atomic E-state index is 12.7. The average molecular weight is 291 g/mol. The number of ether oxygens (including phenoxy) is 2. The fourth-order valence-electron chi connectivity index (χ4n) is 2.28. The van der Waals surface area contributed by atoms with Crippen LogP contribution in [0.4, 0.5) is 0 Å². The minimum absolute atomic E-state index is 0.0184. The van der Waals surface area contributed by atoms with Crippen LogP contribution in [0.5, 0.6) is 0 Å². The predicted molar refractivity (Wildman–Crippen MR) is 80.3 cm³/mol. The molecule has 0 aliphatic carbocycles. The van der Waals surface area contributed by atoms with Gasteiger partial charge in [-0.15, -0.1) is 0 Å². The summed E-state index contributed by atoms with van der Waals surface area (Å²) in [6, 6.07) is 5.51. The van der Waals surface area contributed by atoms with Gasteiger partial charge in [-0.1, -0.05) is 6.07 Å². The second-order valence-corrected chi connectivity index (χ2v) is 4.97. The van der Waals surface area contributed by atoms with E-state index < -0.39 is 0 Å². The van der Waals surface area contributed by atoms with Crippen LogP contribution in [0.2, 0.25) is 0 Å². The zero-order chi connectivity index (χ0) is 15.2. The molecule has 0 saturated heterocycles. The average Bonchev–Trinajstić information content (AvgIpc) is 2.95. The molecule has 1 unspecified atom stereocenters. The van der Waals surface area contributed by atoms with E-state index in [0.717, 1.165) is 10.9 Å². The van der Waals surface area contributed by atoms with Crippen molar-refractivity contribution in [1.82, 2.24) is 15.1 Å². The molecule has 114 valence electrons. The van der Waals surface area contributed by atoms with Gasteiger partial charge in [-0.3, -0.25) is 9.89 Å². The van der Waals surface area contributed by atoms with Gasteiger partial charge in [-0.25, -0.2) is 0 Å². The molecule has 1 heterocycles. The van der Waals surface area contributed by atoms with Crippen molar-refractivity contribution in [2.45, 2.75) is 13.0 Å². The summed E-state index contributed by atoms with van der Waals surface area (Å²) < 4.78 is 10.3. The first kappa shape index (κ1) is 15.5. The Morgan fingerprint density at radius 2 is 2.19 bits per heavy atom. The smallest absolute Gasteiger partial charge is 0.254 e. The van der Waals surface area contributed by atoms with E-state index in [1.165, 1.54) is 0 Å². The van der Waals surface area contributed by atoms with E-state index in [0.29, 0.717) is 25.3 Å².